The van der Waals surface area contributed by atoms with Gasteiger partial charge in [-0.3, -0.25) is 0 Å². The highest BCUT2D eigenvalue weighted by atomic mass is 15.1. The van der Waals surface area contributed by atoms with Crippen LogP contribution >= 0.6 is 0 Å². The van der Waals surface area contributed by atoms with E-state index >= 15 is 0 Å². The van der Waals surface area contributed by atoms with Gasteiger partial charge in [-0.15, -0.1) is 0 Å². The van der Waals surface area contributed by atoms with E-state index in [0.29, 0.717) is 5.92 Å². The maximum absolute atomic E-state index is 4.22. The zero-order chi connectivity index (χ0) is 11.0. The van der Waals surface area contributed by atoms with Crippen molar-refractivity contribution in [3.63, 3.8) is 0 Å². The summed E-state index contributed by atoms with van der Waals surface area (Å²) in [6.07, 6.45) is 6.51. The normalized spacial score (nSPS) is 12.6. The lowest BCUT2D eigenvalue weighted by Crippen LogP contribution is -2.22. The summed E-state index contributed by atoms with van der Waals surface area (Å²) in [6, 6.07) is 0. The molecule has 0 aromatic carbocycles. The van der Waals surface area contributed by atoms with Gasteiger partial charge in [-0.1, -0.05) is 39.7 Å². The third-order valence-corrected chi connectivity index (χ3v) is 2.98. The molecule has 0 saturated carbocycles. The van der Waals surface area contributed by atoms with Gasteiger partial charge in [0.1, 0.15) is 0 Å². The van der Waals surface area contributed by atoms with E-state index in [4.69, 9.17) is 0 Å². The number of hydrogen-bond acceptors (Lipinski definition) is 1. The van der Waals surface area contributed by atoms with Crippen LogP contribution in [-0.4, -0.2) is 18.5 Å². The number of unbranched alkanes of at least 4 members (excludes halogenated alkanes) is 1. The number of hydrogen-bond donors (Lipinski definition) is 0. The van der Waals surface area contributed by atoms with E-state index in [0.717, 1.165) is 6.54 Å². The Hall–Kier alpha value is -0.460. The lowest BCUT2D eigenvalue weighted by Gasteiger charge is -2.27. The van der Waals surface area contributed by atoms with Gasteiger partial charge in [0.25, 0.3) is 0 Å². The fourth-order valence-electron chi connectivity index (χ4n) is 1.79. The average Bonchev–Trinajstić information content (AvgIpc) is 2.22. The van der Waals surface area contributed by atoms with Gasteiger partial charge in [0, 0.05) is 19.3 Å². The van der Waals surface area contributed by atoms with Gasteiger partial charge in [0.15, 0.2) is 0 Å². The summed E-state index contributed by atoms with van der Waals surface area (Å²) in [6.45, 7) is 12.0. The van der Waals surface area contributed by atoms with Crippen LogP contribution in [0.2, 0.25) is 0 Å². The first kappa shape index (κ1) is 13.5. The van der Waals surface area contributed by atoms with Gasteiger partial charge in [-0.05, 0) is 25.7 Å². The van der Waals surface area contributed by atoms with E-state index in [1.165, 1.54) is 37.8 Å². The zero-order valence-electron chi connectivity index (χ0n) is 10.5. The first-order valence-corrected chi connectivity index (χ1v) is 6.07. The van der Waals surface area contributed by atoms with Crippen LogP contribution in [0.25, 0.3) is 0 Å². The fraction of sp³-hybridized carbons (Fsp3) is 0.846. The van der Waals surface area contributed by atoms with Crippen molar-refractivity contribution in [2.75, 3.05) is 13.6 Å². The standard InChI is InChI=1S/C13H27N/c1-6-9-11-13(10-7-2)12(4)14(5)8-3/h13H,4,6-11H2,1-3,5H3. The Morgan fingerprint density at radius 3 is 2.21 bits per heavy atom. The van der Waals surface area contributed by atoms with E-state index in [1.807, 2.05) is 0 Å². The van der Waals surface area contributed by atoms with Crippen molar-refractivity contribution < 1.29 is 0 Å². The van der Waals surface area contributed by atoms with Crippen molar-refractivity contribution in [2.45, 2.75) is 52.9 Å². The minimum Gasteiger partial charge on any atom is -0.378 e. The SMILES string of the molecule is C=C(C(CCC)CCCC)N(C)CC. The van der Waals surface area contributed by atoms with Crippen LogP contribution < -0.4 is 0 Å². The average molecular weight is 197 g/mol. The molecule has 0 heterocycles. The second kappa shape index (κ2) is 7.90. The van der Waals surface area contributed by atoms with Gasteiger partial charge in [-0.25, -0.2) is 0 Å². The molecule has 1 unspecified atom stereocenters. The highest BCUT2D eigenvalue weighted by Gasteiger charge is 2.13. The molecule has 0 spiro atoms. The van der Waals surface area contributed by atoms with Crippen LogP contribution in [0.15, 0.2) is 12.3 Å². The summed E-state index contributed by atoms with van der Waals surface area (Å²) in [7, 11) is 2.15. The van der Waals surface area contributed by atoms with E-state index in [9.17, 15) is 0 Å². The monoisotopic (exact) mass is 197 g/mol. The molecule has 0 rings (SSSR count). The molecule has 0 aliphatic carbocycles. The molecule has 0 amide bonds. The van der Waals surface area contributed by atoms with Crippen LogP contribution in [0.4, 0.5) is 0 Å². The van der Waals surface area contributed by atoms with Crippen LogP contribution in [0, 0.1) is 5.92 Å². The second-order valence-electron chi connectivity index (χ2n) is 4.13. The largest absolute Gasteiger partial charge is 0.378 e. The summed E-state index contributed by atoms with van der Waals surface area (Å²) in [5, 5.41) is 0. The quantitative estimate of drug-likeness (QED) is 0.567. The maximum atomic E-state index is 4.22. The molecular formula is C13H27N. The topological polar surface area (TPSA) is 3.24 Å². The highest BCUT2D eigenvalue weighted by Crippen LogP contribution is 2.23. The molecule has 0 aliphatic rings. The Morgan fingerprint density at radius 2 is 1.79 bits per heavy atom. The Bertz CT molecular complexity index is 151. The molecular weight excluding hydrogens is 170 g/mol. The first-order valence-electron chi connectivity index (χ1n) is 6.07. The summed E-state index contributed by atoms with van der Waals surface area (Å²) in [4.78, 5) is 2.29. The number of nitrogens with zero attached hydrogens (tertiary/aromatic N) is 1. The molecule has 0 saturated heterocycles. The Labute approximate surface area is 90.2 Å². The number of rotatable bonds is 8. The van der Waals surface area contributed by atoms with Gasteiger partial charge in [0.05, 0.1) is 0 Å². The predicted octanol–water partition coefficient (Wildman–Crippen LogP) is 4.06. The van der Waals surface area contributed by atoms with Gasteiger partial charge in [-0.2, -0.15) is 0 Å². The third kappa shape index (κ3) is 4.69. The molecule has 1 nitrogen and oxygen atoms in total. The summed E-state index contributed by atoms with van der Waals surface area (Å²) >= 11 is 0. The molecule has 0 N–H and O–H groups in total. The van der Waals surface area contributed by atoms with Crippen molar-refractivity contribution in [3.8, 4) is 0 Å². The van der Waals surface area contributed by atoms with Crippen molar-refractivity contribution in [1.82, 2.24) is 4.90 Å². The second-order valence-corrected chi connectivity index (χ2v) is 4.13. The molecule has 0 radical (unpaired) electrons. The Kier molecular flexibility index (Phi) is 7.64. The molecule has 14 heavy (non-hydrogen) atoms. The highest BCUT2D eigenvalue weighted by molar-refractivity contribution is 4.98. The molecule has 0 aliphatic heterocycles. The molecule has 0 fully saturated rings. The van der Waals surface area contributed by atoms with E-state index in [-0.39, 0.29) is 0 Å². The Morgan fingerprint density at radius 1 is 1.14 bits per heavy atom. The lowest BCUT2D eigenvalue weighted by molar-refractivity contribution is 0.344. The summed E-state index contributed by atoms with van der Waals surface area (Å²) in [5.41, 5.74) is 1.34. The predicted molar refractivity (Wildman–Crippen MR) is 65.4 cm³/mol. The fourth-order valence-corrected chi connectivity index (χ4v) is 1.79. The van der Waals surface area contributed by atoms with E-state index in [1.54, 1.807) is 0 Å². The smallest absolute Gasteiger partial charge is 0.0143 e. The molecule has 0 bridgehead atoms. The number of allylic oxidation sites excluding steroid dienone is 1. The maximum Gasteiger partial charge on any atom is 0.0143 e. The third-order valence-electron chi connectivity index (χ3n) is 2.98. The minimum absolute atomic E-state index is 0.713. The van der Waals surface area contributed by atoms with Crippen molar-refractivity contribution in [3.05, 3.63) is 12.3 Å². The molecule has 0 aromatic rings. The van der Waals surface area contributed by atoms with Crippen LogP contribution in [-0.2, 0) is 0 Å². The van der Waals surface area contributed by atoms with Crippen LogP contribution in [0.1, 0.15) is 52.9 Å². The Balaban J connectivity index is 4.10. The molecule has 0 aromatic heterocycles. The molecule has 84 valence electrons. The van der Waals surface area contributed by atoms with E-state index in [2.05, 4.69) is 39.3 Å². The van der Waals surface area contributed by atoms with Crippen molar-refractivity contribution >= 4 is 0 Å². The van der Waals surface area contributed by atoms with Crippen LogP contribution in [0.3, 0.4) is 0 Å². The van der Waals surface area contributed by atoms with Crippen molar-refractivity contribution in [1.29, 1.82) is 0 Å². The summed E-state index contributed by atoms with van der Waals surface area (Å²) in [5.74, 6) is 0.713. The lowest BCUT2D eigenvalue weighted by atomic mass is 9.94. The molecule has 1 atom stereocenters. The van der Waals surface area contributed by atoms with Gasteiger partial charge in [0.2, 0.25) is 0 Å². The minimum atomic E-state index is 0.713. The van der Waals surface area contributed by atoms with E-state index < -0.39 is 0 Å². The van der Waals surface area contributed by atoms with Gasteiger partial charge < -0.3 is 4.90 Å². The first-order chi connectivity index (χ1) is 6.67. The van der Waals surface area contributed by atoms with Crippen molar-refractivity contribution in [2.24, 2.45) is 5.92 Å². The van der Waals surface area contributed by atoms with Gasteiger partial charge >= 0.3 is 0 Å². The summed E-state index contributed by atoms with van der Waals surface area (Å²) < 4.78 is 0. The zero-order valence-corrected chi connectivity index (χ0v) is 10.5. The molecule has 1 heteroatoms. The van der Waals surface area contributed by atoms with Crippen LogP contribution in [0.5, 0.6) is 0 Å².